The Hall–Kier alpha value is -1.88. The zero-order chi connectivity index (χ0) is 20.4. The van der Waals surface area contributed by atoms with Crippen LogP contribution in [0.5, 0.6) is 5.75 Å². The van der Waals surface area contributed by atoms with Crippen LogP contribution in [0.3, 0.4) is 0 Å². The third-order valence-corrected chi connectivity index (χ3v) is 4.75. The molecule has 27 heavy (non-hydrogen) atoms. The summed E-state index contributed by atoms with van der Waals surface area (Å²) in [6, 6.07) is 11.6. The fourth-order valence-electron chi connectivity index (χ4n) is 2.83. The van der Waals surface area contributed by atoms with Gasteiger partial charge in [0.05, 0.1) is 13.2 Å². The van der Waals surface area contributed by atoms with Gasteiger partial charge in [0.25, 0.3) is 0 Å². The largest absolute Gasteiger partial charge is 0.507 e. The van der Waals surface area contributed by atoms with Gasteiger partial charge >= 0.3 is 0 Å². The Kier molecular flexibility index (Phi) is 6.35. The molecule has 0 aliphatic rings. The zero-order valence-corrected chi connectivity index (χ0v) is 17.2. The molecule has 1 unspecified atom stereocenters. The molecule has 2 aromatic carbocycles. The molecule has 2 rings (SSSR count). The average molecular weight is 373 g/mol. The van der Waals surface area contributed by atoms with Gasteiger partial charge in [-0.1, -0.05) is 65.8 Å². The number of hydrogen-bond donors (Lipinski definition) is 3. The van der Waals surface area contributed by atoms with Gasteiger partial charge in [-0.2, -0.15) is 0 Å². The number of aliphatic hydroxyl groups excluding tert-OH is 2. The van der Waals surface area contributed by atoms with Crippen LogP contribution < -0.4 is 0 Å². The molecule has 0 spiro atoms. The summed E-state index contributed by atoms with van der Waals surface area (Å²) in [5.41, 5.74) is 3.64. The summed E-state index contributed by atoms with van der Waals surface area (Å²) in [4.78, 5) is 0. The summed E-state index contributed by atoms with van der Waals surface area (Å²) in [6.07, 6.45) is -1.28. The first-order valence-electron chi connectivity index (χ1n) is 9.29. The number of benzene rings is 2. The molecule has 1 atom stereocenters. The zero-order valence-electron chi connectivity index (χ0n) is 17.2. The Bertz CT molecular complexity index is 765. The minimum Gasteiger partial charge on any atom is -0.507 e. The van der Waals surface area contributed by atoms with Crippen LogP contribution in [0.2, 0.25) is 0 Å². The summed E-state index contributed by atoms with van der Waals surface area (Å²) >= 11 is 0. The molecule has 4 heteroatoms. The normalized spacial score (nSPS) is 13.6. The van der Waals surface area contributed by atoms with E-state index in [0.717, 1.165) is 11.1 Å². The second-order valence-electron chi connectivity index (χ2n) is 9.09. The lowest BCUT2D eigenvalue weighted by molar-refractivity contribution is -0.113. The summed E-state index contributed by atoms with van der Waals surface area (Å²) in [7, 11) is 0. The topological polar surface area (TPSA) is 69.9 Å². The van der Waals surface area contributed by atoms with E-state index in [0.29, 0.717) is 5.56 Å². The first-order chi connectivity index (χ1) is 12.4. The standard InChI is InChI=1S/C23H32O4/c1-22(2,3)17-9-7-15(8-10-17)14-27-21(26)19-12-18(23(4,5)6)11-16(13-24)20(19)25/h7-12,21,24-26H,13-14H2,1-6H3. The minimum absolute atomic E-state index is 0.0821. The number of rotatable bonds is 5. The lowest BCUT2D eigenvalue weighted by atomic mass is 9.84. The van der Waals surface area contributed by atoms with Crippen LogP contribution in [0.4, 0.5) is 0 Å². The minimum atomic E-state index is -1.28. The maximum absolute atomic E-state index is 10.5. The smallest absolute Gasteiger partial charge is 0.185 e. The van der Waals surface area contributed by atoms with Gasteiger partial charge < -0.3 is 20.1 Å². The monoisotopic (exact) mass is 372 g/mol. The van der Waals surface area contributed by atoms with Crippen LogP contribution in [0, 0.1) is 0 Å². The third-order valence-electron chi connectivity index (χ3n) is 4.75. The van der Waals surface area contributed by atoms with Crippen LogP contribution in [0.1, 0.15) is 75.6 Å². The van der Waals surface area contributed by atoms with Crippen LogP contribution in [0.25, 0.3) is 0 Å². The van der Waals surface area contributed by atoms with Gasteiger partial charge in [0, 0.05) is 11.1 Å². The predicted molar refractivity (Wildman–Crippen MR) is 108 cm³/mol. The SMILES string of the molecule is CC(C)(C)c1ccc(COC(O)c2cc(C(C)(C)C)cc(CO)c2O)cc1. The van der Waals surface area contributed by atoms with Gasteiger partial charge in [-0.3, -0.25) is 0 Å². The Balaban J connectivity index is 2.19. The van der Waals surface area contributed by atoms with Gasteiger partial charge in [0.15, 0.2) is 6.29 Å². The van der Waals surface area contributed by atoms with Crippen LogP contribution >= 0.6 is 0 Å². The maximum Gasteiger partial charge on any atom is 0.185 e. The second-order valence-corrected chi connectivity index (χ2v) is 9.09. The predicted octanol–water partition coefficient (Wildman–Crippen LogP) is 4.69. The van der Waals surface area contributed by atoms with E-state index in [9.17, 15) is 15.3 Å². The molecule has 2 aromatic rings. The van der Waals surface area contributed by atoms with Crippen molar-refractivity contribution < 1.29 is 20.1 Å². The summed E-state index contributed by atoms with van der Waals surface area (Å²) in [5.74, 6) is -0.124. The highest BCUT2D eigenvalue weighted by Gasteiger charge is 2.22. The molecule has 0 heterocycles. The van der Waals surface area contributed by atoms with Gasteiger partial charge in [-0.15, -0.1) is 0 Å². The van der Waals surface area contributed by atoms with Crippen LogP contribution in [0.15, 0.2) is 36.4 Å². The number of aromatic hydroxyl groups is 1. The highest BCUT2D eigenvalue weighted by atomic mass is 16.6. The molecule has 0 amide bonds. The molecule has 148 valence electrons. The van der Waals surface area contributed by atoms with E-state index < -0.39 is 6.29 Å². The van der Waals surface area contributed by atoms with Crippen molar-refractivity contribution in [3.8, 4) is 5.75 Å². The van der Waals surface area contributed by atoms with Crippen molar-refractivity contribution in [2.24, 2.45) is 0 Å². The number of ether oxygens (including phenoxy) is 1. The first kappa shape index (κ1) is 21.4. The van der Waals surface area contributed by atoms with Crippen LogP contribution in [-0.2, 0) is 28.8 Å². The van der Waals surface area contributed by atoms with Crippen molar-refractivity contribution in [3.63, 3.8) is 0 Å². The van der Waals surface area contributed by atoms with E-state index in [1.165, 1.54) is 5.56 Å². The molecule has 0 radical (unpaired) electrons. The Morgan fingerprint density at radius 3 is 1.93 bits per heavy atom. The third kappa shape index (κ3) is 5.32. The molecule has 4 nitrogen and oxygen atoms in total. The summed E-state index contributed by atoms with van der Waals surface area (Å²) in [6.45, 7) is 12.5. The number of aliphatic hydroxyl groups is 2. The Morgan fingerprint density at radius 2 is 1.44 bits per heavy atom. The molecule has 0 saturated carbocycles. The fourth-order valence-corrected chi connectivity index (χ4v) is 2.83. The highest BCUT2D eigenvalue weighted by Crippen LogP contribution is 2.35. The van der Waals surface area contributed by atoms with E-state index in [2.05, 4.69) is 32.9 Å². The molecule has 0 aliphatic heterocycles. The van der Waals surface area contributed by atoms with E-state index in [1.807, 2.05) is 32.9 Å². The molecule has 3 N–H and O–H groups in total. The summed E-state index contributed by atoms with van der Waals surface area (Å²) < 4.78 is 5.60. The van der Waals surface area contributed by atoms with Gasteiger partial charge in [0.1, 0.15) is 5.75 Å². The Labute approximate surface area is 162 Å². The van der Waals surface area contributed by atoms with Crippen molar-refractivity contribution in [1.29, 1.82) is 0 Å². The quantitative estimate of drug-likeness (QED) is 0.666. The Morgan fingerprint density at radius 1 is 0.889 bits per heavy atom. The molecule has 0 fully saturated rings. The average Bonchev–Trinajstić information content (AvgIpc) is 2.58. The lowest BCUT2D eigenvalue weighted by Crippen LogP contribution is -2.14. The molecule has 0 bridgehead atoms. The highest BCUT2D eigenvalue weighted by molar-refractivity contribution is 5.46. The lowest BCUT2D eigenvalue weighted by Gasteiger charge is -2.24. The van der Waals surface area contributed by atoms with Crippen molar-refractivity contribution in [3.05, 3.63) is 64.2 Å². The molecule has 0 aliphatic carbocycles. The molecule has 0 saturated heterocycles. The summed E-state index contributed by atoms with van der Waals surface area (Å²) in [5, 5.41) is 30.4. The van der Waals surface area contributed by atoms with Crippen molar-refractivity contribution in [1.82, 2.24) is 0 Å². The molecular formula is C23H32O4. The van der Waals surface area contributed by atoms with E-state index in [4.69, 9.17) is 4.74 Å². The van der Waals surface area contributed by atoms with Crippen molar-refractivity contribution in [2.45, 2.75) is 71.9 Å². The van der Waals surface area contributed by atoms with Crippen LogP contribution in [-0.4, -0.2) is 15.3 Å². The van der Waals surface area contributed by atoms with E-state index >= 15 is 0 Å². The first-order valence-corrected chi connectivity index (χ1v) is 9.29. The maximum atomic E-state index is 10.5. The van der Waals surface area contributed by atoms with E-state index in [1.54, 1.807) is 12.1 Å². The van der Waals surface area contributed by atoms with Crippen molar-refractivity contribution in [2.75, 3.05) is 0 Å². The molecular weight excluding hydrogens is 340 g/mol. The van der Waals surface area contributed by atoms with Gasteiger partial charge in [-0.25, -0.2) is 0 Å². The van der Waals surface area contributed by atoms with Gasteiger partial charge in [-0.05, 0) is 39.7 Å². The second kappa shape index (κ2) is 8.01. The molecule has 0 aromatic heterocycles. The number of phenols is 1. The van der Waals surface area contributed by atoms with E-state index in [-0.39, 0.29) is 35.4 Å². The van der Waals surface area contributed by atoms with Gasteiger partial charge in [0.2, 0.25) is 0 Å². The van der Waals surface area contributed by atoms with Crippen molar-refractivity contribution >= 4 is 0 Å². The fraction of sp³-hybridized carbons (Fsp3) is 0.478. The number of hydrogen-bond acceptors (Lipinski definition) is 4.